The third-order valence-electron chi connectivity index (χ3n) is 4.21. The molecule has 0 saturated carbocycles. The summed E-state index contributed by atoms with van der Waals surface area (Å²) in [6.07, 6.45) is 2.14. The number of amides is 2. The first-order valence-corrected chi connectivity index (χ1v) is 9.34. The van der Waals surface area contributed by atoms with Crippen molar-refractivity contribution in [2.45, 2.75) is 31.8 Å². The molecule has 1 unspecified atom stereocenters. The monoisotopic (exact) mass is 369 g/mol. The lowest BCUT2D eigenvalue weighted by atomic mass is 10.1. The fraction of sp³-hybridized carbons (Fsp3) is 0.529. The molecule has 1 aromatic rings. The van der Waals surface area contributed by atoms with Crippen LogP contribution in [0.5, 0.6) is 0 Å². The molecule has 0 bridgehead atoms. The first kappa shape index (κ1) is 19.1. The zero-order valence-electron chi connectivity index (χ0n) is 13.6. The molecule has 0 aromatic heterocycles. The van der Waals surface area contributed by atoms with Gasteiger partial charge in [0.05, 0.1) is 0 Å². The van der Waals surface area contributed by atoms with Gasteiger partial charge in [0.25, 0.3) is 0 Å². The molecule has 0 aliphatic carbocycles. The molecule has 0 spiro atoms. The van der Waals surface area contributed by atoms with E-state index in [1.165, 1.54) is 0 Å². The molecule has 7 heteroatoms. The number of benzene rings is 1. The Bertz CT molecular complexity index is 561. The minimum Gasteiger partial charge on any atom is -0.338 e. The van der Waals surface area contributed by atoms with Gasteiger partial charge in [0.15, 0.2) is 0 Å². The molecule has 2 amide bonds. The zero-order valence-corrected chi connectivity index (χ0v) is 15.3. The van der Waals surface area contributed by atoms with Crippen LogP contribution >= 0.6 is 24.2 Å². The summed E-state index contributed by atoms with van der Waals surface area (Å²) in [7, 11) is 0. The summed E-state index contributed by atoms with van der Waals surface area (Å²) < 4.78 is 0. The average Bonchev–Trinajstić information content (AvgIpc) is 2.95. The van der Waals surface area contributed by atoms with Crippen molar-refractivity contribution in [1.29, 1.82) is 0 Å². The Hall–Kier alpha value is -1.24. The van der Waals surface area contributed by atoms with Crippen LogP contribution < -0.4 is 10.6 Å². The topological polar surface area (TPSA) is 61.4 Å². The quantitative estimate of drug-likeness (QED) is 0.835. The Balaban J connectivity index is 0.00000208. The van der Waals surface area contributed by atoms with Gasteiger partial charge < -0.3 is 15.5 Å². The van der Waals surface area contributed by atoms with E-state index in [2.05, 4.69) is 10.6 Å². The molecular weight excluding hydrogens is 346 g/mol. The summed E-state index contributed by atoms with van der Waals surface area (Å²) in [5, 5.41) is 6.32. The zero-order chi connectivity index (χ0) is 16.1. The number of carbonyl (C=O) groups excluding carboxylic acids is 2. The Morgan fingerprint density at radius 2 is 2.12 bits per heavy atom. The molecular formula is C17H24ClN3O2S. The van der Waals surface area contributed by atoms with E-state index in [0.717, 1.165) is 42.3 Å². The Morgan fingerprint density at radius 3 is 2.75 bits per heavy atom. The second-order valence-corrected chi connectivity index (χ2v) is 7.24. The van der Waals surface area contributed by atoms with Crippen molar-refractivity contribution in [2.24, 2.45) is 0 Å². The Kier molecular flexibility index (Phi) is 7.40. The predicted octanol–water partition coefficient (Wildman–Crippen LogP) is 2.26. The van der Waals surface area contributed by atoms with Crippen molar-refractivity contribution in [3.05, 3.63) is 29.8 Å². The lowest BCUT2D eigenvalue weighted by Crippen LogP contribution is -2.39. The van der Waals surface area contributed by atoms with Crippen LogP contribution in [0.15, 0.2) is 24.3 Å². The molecule has 24 heavy (non-hydrogen) atoms. The minimum absolute atomic E-state index is 0. The van der Waals surface area contributed by atoms with Crippen LogP contribution in [0.3, 0.4) is 0 Å². The highest BCUT2D eigenvalue weighted by molar-refractivity contribution is 7.99. The summed E-state index contributed by atoms with van der Waals surface area (Å²) in [6, 6.07) is 8.06. The predicted molar refractivity (Wildman–Crippen MR) is 101 cm³/mol. The fourth-order valence-corrected chi connectivity index (χ4v) is 3.92. The molecule has 2 aliphatic heterocycles. The molecule has 2 heterocycles. The van der Waals surface area contributed by atoms with Gasteiger partial charge in [-0.05, 0) is 24.1 Å². The van der Waals surface area contributed by atoms with Crippen LogP contribution in [0.1, 0.15) is 24.8 Å². The van der Waals surface area contributed by atoms with Crippen molar-refractivity contribution in [3.8, 4) is 0 Å². The van der Waals surface area contributed by atoms with Crippen LogP contribution in [0.2, 0.25) is 0 Å². The lowest BCUT2D eigenvalue weighted by molar-refractivity contribution is -0.128. The highest BCUT2D eigenvalue weighted by atomic mass is 35.5. The molecule has 1 atom stereocenters. The van der Waals surface area contributed by atoms with Gasteiger partial charge in [0.1, 0.15) is 0 Å². The van der Waals surface area contributed by atoms with Crippen molar-refractivity contribution >= 4 is 41.7 Å². The summed E-state index contributed by atoms with van der Waals surface area (Å²) >= 11 is 1.89. The summed E-state index contributed by atoms with van der Waals surface area (Å²) in [6.45, 7) is 2.49. The maximum absolute atomic E-state index is 12.1. The molecule has 0 radical (unpaired) electrons. The number of anilines is 1. The molecule has 2 fully saturated rings. The lowest BCUT2D eigenvalue weighted by Gasteiger charge is -2.22. The highest BCUT2D eigenvalue weighted by Gasteiger charge is 2.20. The molecule has 2 aliphatic rings. The number of nitrogens with one attached hydrogen (secondary N) is 2. The van der Waals surface area contributed by atoms with Gasteiger partial charge >= 0.3 is 0 Å². The van der Waals surface area contributed by atoms with Gasteiger partial charge in [-0.3, -0.25) is 9.59 Å². The van der Waals surface area contributed by atoms with Gasteiger partial charge in [-0.1, -0.05) is 12.1 Å². The summed E-state index contributed by atoms with van der Waals surface area (Å²) in [5.74, 6) is 2.41. The van der Waals surface area contributed by atoms with Crippen molar-refractivity contribution in [2.75, 3.05) is 29.9 Å². The number of halogens is 1. The van der Waals surface area contributed by atoms with E-state index in [1.54, 1.807) is 0 Å². The van der Waals surface area contributed by atoms with Crippen LogP contribution in [-0.4, -0.2) is 47.4 Å². The van der Waals surface area contributed by atoms with E-state index in [9.17, 15) is 9.59 Å². The first-order valence-electron chi connectivity index (χ1n) is 8.18. The Labute approximate surface area is 153 Å². The van der Waals surface area contributed by atoms with Crippen molar-refractivity contribution in [3.63, 3.8) is 0 Å². The van der Waals surface area contributed by atoms with E-state index in [4.69, 9.17) is 0 Å². The number of rotatable bonds is 5. The standard InChI is InChI=1S/C17H23N3O2S.ClH/c21-16(10-15-12-23-9-7-18-15)19-14-5-3-13(4-6-14)11-20-8-1-2-17(20)22;/h3-6,15,18H,1-2,7-12H2,(H,19,21);1H. The van der Waals surface area contributed by atoms with Gasteiger partial charge in [-0.25, -0.2) is 0 Å². The van der Waals surface area contributed by atoms with Gasteiger partial charge in [0, 0.05) is 55.7 Å². The highest BCUT2D eigenvalue weighted by Crippen LogP contribution is 2.17. The third kappa shape index (κ3) is 5.40. The normalized spacial score (nSPS) is 20.6. The van der Waals surface area contributed by atoms with Crippen LogP contribution in [0.25, 0.3) is 0 Å². The van der Waals surface area contributed by atoms with Gasteiger partial charge in [0.2, 0.25) is 11.8 Å². The number of hydrogen-bond donors (Lipinski definition) is 2. The maximum Gasteiger partial charge on any atom is 0.225 e. The number of carbonyl (C=O) groups is 2. The Morgan fingerprint density at radius 1 is 1.33 bits per heavy atom. The van der Waals surface area contributed by atoms with Gasteiger partial charge in [-0.15, -0.1) is 12.4 Å². The number of likely N-dealkylation sites (tertiary alicyclic amines) is 1. The van der Waals surface area contributed by atoms with E-state index >= 15 is 0 Å². The summed E-state index contributed by atoms with van der Waals surface area (Å²) in [4.78, 5) is 25.6. The van der Waals surface area contributed by atoms with Gasteiger partial charge in [-0.2, -0.15) is 11.8 Å². The van der Waals surface area contributed by atoms with Crippen LogP contribution in [0.4, 0.5) is 5.69 Å². The smallest absolute Gasteiger partial charge is 0.225 e. The third-order valence-corrected chi connectivity index (χ3v) is 5.34. The average molecular weight is 370 g/mol. The molecule has 2 N–H and O–H groups in total. The van der Waals surface area contributed by atoms with Crippen molar-refractivity contribution < 1.29 is 9.59 Å². The molecule has 2 saturated heterocycles. The van der Waals surface area contributed by atoms with Crippen molar-refractivity contribution in [1.82, 2.24) is 10.2 Å². The second-order valence-electron chi connectivity index (χ2n) is 6.09. The number of thioether (sulfide) groups is 1. The van der Waals surface area contributed by atoms with E-state index < -0.39 is 0 Å². The van der Waals surface area contributed by atoms with E-state index in [0.29, 0.717) is 19.4 Å². The maximum atomic E-state index is 12.1. The summed E-state index contributed by atoms with van der Waals surface area (Å²) in [5.41, 5.74) is 1.92. The second kappa shape index (κ2) is 9.30. The number of hydrogen-bond acceptors (Lipinski definition) is 4. The first-order chi connectivity index (χ1) is 11.2. The van der Waals surface area contributed by atoms with Crippen LogP contribution in [0, 0.1) is 0 Å². The number of nitrogens with zero attached hydrogens (tertiary/aromatic N) is 1. The van der Waals surface area contributed by atoms with Crippen LogP contribution in [-0.2, 0) is 16.1 Å². The largest absolute Gasteiger partial charge is 0.338 e. The molecule has 3 rings (SSSR count). The SMILES string of the molecule is Cl.O=C(CC1CSCCN1)Nc1ccc(CN2CCCC2=O)cc1. The molecule has 5 nitrogen and oxygen atoms in total. The molecule has 1 aromatic carbocycles. The van der Waals surface area contributed by atoms with E-state index in [1.807, 2.05) is 40.9 Å². The minimum atomic E-state index is 0. The molecule has 132 valence electrons. The van der Waals surface area contributed by atoms with E-state index in [-0.39, 0.29) is 30.3 Å². The fourth-order valence-electron chi connectivity index (χ4n) is 2.97.